The summed E-state index contributed by atoms with van der Waals surface area (Å²) in [5.74, 6) is -0.408. The summed E-state index contributed by atoms with van der Waals surface area (Å²) in [7, 11) is 0. The Labute approximate surface area is 127 Å². The van der Waals surface area contributed by atoms with Gasteiger partial charge in [0.2, 0.25) is 0 Å². The Bertz CT molecular complexity index is 378. The number of rotatable bonds is 3. The van der Waals surface area contributed by atoms with E-state index in [0.717, 1.165) is 32.4 Å². The molecule has 0 radical (unpaired) electrons. The van der Waals surface area contributed by atoms with Crippen LogP contribution in [-0.4, -0.2) is 46.8 Å². The van der Waals surface area contributed by atoms with E-state index in [1.165, 1.54) is 38.5 Å². The first-order valence-electron chi connectivity index (χ1n) is 8.74. The minimum absolute atomic E-state index is 0.142. The van der Waals surface area contributed by atoms with Crippen molar-refractivity contribution in [2.45, 2.75) is 82.5 Å². The second-order valence-corrected chi connectivity index (χ2v) is 7.42. The zero-order chi connectivity index (χ0) is 14.9. The van der Waals surface area contributed by atoms with E-state index >= 15 is 0 Å². The van der Waals surface area contributed by atoms with Gasteiger partial charge >= 0.3 is 5.97 Å². The fraction of sp³-hybridized carbons (Fsp3) is 0.941. The molecule has 0 amide bonds. The number of carbonyl (C=O) groups is 1. The topological polar surface area (TPSA) is 49.8 Å². The molecule has 3 atom stereocenters. The summed E-state index contributed by atoms with van der Waals surface area (Å²) in [6.07, 6.45) is 11.0. The molecule has 1 N–H and O–H groups in total. The van der Waals surface area contributed by atoms with Crippen LogP contribution in [0.1, 0.15) is 64.7 Å². The second-order valence-electron chi connectivity index (χ2n) is 7.42. The minimum atomic E-state index is -0.660. The van der Waals surface area contributed by atoms with Crippen molar-refractivity contribution in [3.05, 3.63) is 0 Å². The van der Waals surface area contributed by atoms with Crippen LogP contribution in [0.5, 0.6) is 0 Å². The number of nitrogens with zero attached hydrogens (tertiary/aromatic N) is 1. The number of piperidine rings is 1. The molecule has 3 unspecified atom stereocenters. The highest BCUT2D eigenvalue weighted by atomic mass is 16.5. The van der Waals surface area contributed by atoms with Gasteiger partial charge < -0.3 is 9.84 Å². The summed E-state index contributed by atoms with van der Waals surface area (Å²) in [6, 6.07) is -0.315. The van der Waals surface area contributed by atoms with E-state index in [2.05, 4.69) is 11.8 Å². The van der Waals surface area contributed by atoms with Crippen LogP contribution in [0.4, 0.5) is 0 Å². The SMILES string of the molecule is CC1CCCN(CC2CCC3(CCCCC3)O2)C1C(=O)O. The quantitative estimate of drug-likeness (QED) is 0.869. The second kappa shape index (κ2) is 6.25. The first-order chi connectivity index (χ1) is 10.1. The smallest absolute Gasteiger partial charge is 0.321 e. The van der Waals surface area contributed by atoms with Crippen molar-refractivity contribution < 1.29 is 14.6 Å². The van der Waals surface area contributed by atoms with Crippen LogP contribution in [0.25, 0.3) is 0 Å². The first-order valence-corrected chi connectivity index (χ1v) is 8.74. The summed E-state index contributed by atoms with van der Waals surface area (Å²) >= 11 is 0. The average molecular weight is 295 g/mol. The molecule has 0 aromatic carbocycles. The predicted octanol–water partition coefficient (Wildman–Crippen LogP) is 3.05. The van der Waals surface area contributed by atoms with Crippen LogP contribution in [0, 0.1) is 5.92 Å². The molecule has 3 aliphatic rings. The Morgan fingerprint density at radius 3 is 2.67 bits per heavy atom. The van der Waals surface area contributed by atoms with Crippen molar-refractivity contribution in [3.63, 3.8) is 0 Å². The van der Waals surface area contributed by atoms with E-state index in [-0.39, 0.29) is 23.7 Å². The Kier molecular flexibility index (Phi) is 4.55. The van der Waals surface area contributed by atoms with Gasteiger partial charge in [0.15, 0.2) is 0 Å². The van der Waals surface area contributed by atoms with E-state index < -0.39 is 5.97 Å². The highest BCUT2D eigenvalue weighted by Crippen LogP contribution is 2.42. The molecule has 120 valence electrons. The van der Waals surface area contributed by atoms with Crippen molar-refractivity contribution in [1.82, 2.24) is 4.90 Å². The Morgan fingerprint density at radius 2 is 1.95 bits per heavy atom. The van der Waals surface area contributed by atoms with Gasteiger partial charge in [0.1, 0.15) is 6.04 Å². The normalized spacial score (nSPS) is 36.9. The molecular weight excluding hydrogens is 266 g/mol. The van der Waals surface area contributed by atoms with E-state index in [1.807, 2.05) is 0 Å². The van der Waals surface area contributed by atoms with Gasteiger partial charge in [-0.05, 0) is 51.0 Å². The maximum Gasteiger partial charge on any atom is 0.321 e. The largest absolute Gasteiger partial charge is 0.480 e. The lowest BCUT2D eigenvalue weighted by Gasteiger charge is -2.39. The summed E-state index contributed by atoms with van der Waals surface area (Å²) in [6.45, 7) is 3.79. The number of likely N-dealkylation sites (tertiary alicyclic amines) is 1. The molecule has 2 heterocycles. The maximum atomic E-state index is 11.6. The standard InChI is InChI=1S/C17H29NO3/c1-13-6-5-11-18(15(13)16(19)20)12-14-7-10-17(21-14)8-3-2-4-9-17/h13-15H,2-12H2,1H3,(H,19,20). The molecule has 2 saturated heterocycles. The van der Waals surface area contributed by atoms with Crippen molar-refractivity contribution in [3.8, 4) is 0 Å². The lowest BCUT2D eigenvalue weighted by molar-refractivity contribution is -0.148. The Hall–Kier alpha value is -0.610. The zero-order valence-electron chi connectivity index (χ0n) is 13.2. The molecule has 3 fully saturated rings. The van der Waals surface area contributed by atoms with Crippen molar-refractivity contribution >= 4 is 5.97 Å². The summed E-state index contributed by atoms with van der Waals surface area (Å²) in [5, 5.41) is 9.51. The van der Waals surface area contributed by atoms with Gasteiger partial charge in [-0.1, -0.05) is 26.2 Å². The Morgan fingerprint density at radius 1 is 1.19 bits per heavy atom. The van der Waals surface area contributed by atoms with Crippen LogP contribution < -0.4 is 0 Å². The lowest BCUT2D eigenvalue weighted by atomic mass is 9.83. The third-order valence-corrected chi connectivity index (χ3v) is 5.83. The lowest BCUT2D eigenvalue weighted by Crippen LogP contribution is -2.51. The number of carboxylic acid groups (broad SMARTS) is 1. The fourth-order valence-corrected chi connectivity index (χ4v) is 4.73. The van der Waals surface area contributed by atoms with Crippen LogP contribution in [0.2, 0.25) is 0 Å². The van der Waals surface area contributed by atoms with Crippen LogP contribution >= 0.6 is 0 Å². The molecule has 1 spiro atoms. The van der Waals surface area contributed by atoms with E-state index in [0.29, 0.717) is 0 Å². The molecule has 4 nitrogen and oxygen atoms in total. The molecule has 0 aromatic heterocycles. The van der Waals surface area contributed by atoms with Gasteiger partial charge in [-0.2, -0.15) is 0 Å². The van der Waals surface area contributed by atoms with Crippen molar-refractivity contribution in [1.29, 1.82) is 0 Å². The molecular formula is C17H29NO3. The molecule has 21 heavy (non-hydrogen) atoms. The fourth-order valence-electron chi connectivity index (χ4n) is 4.73. The zero-order valence-corrected chi connectivity index (χ0v) is 13.2. The molecule has 0 bridgehead atoms. The molecule has 1 saturated carbocycles. The highest BCUT2D eigenvalue weighted by Gasteiger charge is 2.43. The van der Waals surface area contributed by atoms with E-state index in [9.17, 15) is 9.90 Å². The summed E-state index contributed by atoms with van der Waals surface area (Å²) in [4.78, 5) is 13.7. The van der Waals surface area contributed by atoms with E-state index in [1.54, 1.807) is 0 Å². The van der Waals surface area contributed by atoms with Gasteiger partial charge in [-0.15, -0.1) is 0 Å². The summed E-state index contributed by atoms with van der Waals surface area (Å²) in [5.41, 5.74) is 0.142. The average Bonchev–Trinajstić information content (AvgIpc) is 2.82. The minimum Gasteiger partial charge on any atom is -0.480 e. The number of aliphatic carboxylic acids is 1. The number of hydrogen-bond donors (Lipinski definition) is 1. The third-order valence-electron chi connectivity index (χ3n) is 5.83. The molecule has 4 heteroatoms. The van der Waals surface area contributed by atoms with E-state index in [4.69, 9.17) is 4.74 Å². The first kappa shape index (κ1) is 15.3. The molecule has 0 aromatic rings. The highest BCUT2D eigenvalue weighted by molar-refractivity contribution is 5.74. The van der Waals surface area contributed by atoms with Gasteiger partial charge in [0, 0.05) is 6.54 Å². The van der Waals surface area contributed by atoms with Gasteiger partial charge in [-0.3, -0.25) is 9.69 Å². The summed E-state index contributed by atoms with van der Waals surface area (Å²) < 4.78 is 6.42. The monoisotopic (exact) mass is 295 g/mol. The molecule has 2 aliphatic heterocycles. The van der Waals surface area contributed by atoms with Gasteiger partial charge in [0.05, 0.1) is 11.7 Å². The van der Waals surface area contributed by atoms with Gasteiger partial charge in [-0.25, -0.2) is 0 Å². The molecule has 3 rings (SSSR count). The van der Waals surface area contributed by atoms with Crippen LogP contribution in [0.15, 0.2) is 0 Å². The number of ether oxygens (including phenoxy) is 1. The van der Waals surface area contributed by atoms with Crippen LogP contribution in [-0.2, 0) is 9.53 Å². The van der Waals surface area contributed by atoms with Crippen LogP contribution in [0.3, 0.4) is 0 Å². The maximum absolute atomic E-state index is 11.6. The number of hydrogen-bond acceptors (Lipinski definition) is 3. The van der Waals surface area contributed by atoms with Crippen molar-refractivity contribution in [2.75, 3.05) is 13.1 Å². The predicted molar refractivity (Wildman–Crippen MR) is 81.3 cm³/mol. The Balaban J connectivity index is 1.59. The van der Waals surface area contributed by atoms with Gasteiger partial charge in [0.25, 0.3) is 0 Å². The molecule has 1 aliphatic carbocycles. The van der Waals surface area contributed by atoms with Crippen molar-refractivity contribution in [2.24, 2.45) is 5.92 Å². The third kappa shape index (κ3) is 3.26. The number of carboxylic acids is 1.